The predicted octanol–water partition coefficient (Wildman–Crippen LogP) is 1.50. The van der Waals surface area contributed by atoms with Crippen molar-refractivity contribution in [3.05, 3.63) is 11.7 Å². The summed E-state index contributed by atoms with van der Waals surface area (Å²) in [6.07, 6.45) is 2.80. The van der Waals surface area contributed by atoms with E-state index in [1.54, 1.807) is 0 Å². The monoisotopic (exact) mass is 239 g/mol. The van der Waals surface area contributed by atoms with Gasteiger partial charge in [-0.15, -0.1) is 0 Å². The van der Waals surface area contributed by atoms with Crippen LogP contribution in [0, 0.1) is 0 Å². The molecule has 1 fully saturated rings. The quantitative estimate of drug-likeness (QED) is 0.844. The van der Waals surface area contributed by atoms with Crippen LogP contribution in [0.1, 0.15) is 44.3 Å². The first kappa shape index (κ1) is 12.5. The minimum absolute atomic E-state index is 0.378. The largest absolute Gasteiger partial charge is 0.381 e. The van der Waals surface area contributed by atoms with Crippen molar-refractivity contribution in [2.24, 2.45) is 0 Å². The summed E-state index contributed by atoms with van der Waals surface area (Å²) in [5.41, 5.74) is 0. The first-order valence-corrected chi connectivity index (χ1v) is 6.43. The van der Waals surface area contributed by atoms with Gasteiger partial charge in [-0.2, -0.15) is 4.98 Å². The summed E-state index contributed by atoms with van der Waals surface area (Å²) in [5.74, 6) is 2.00. The van der Waals surface area contributed by atoms with E-state index in [9.17, 15) is 0 Å². The Bertz CT molecular complexity index is 334. The predicted molar refractivity (Wildman–Crippen MR) is 63.9 cm³/mol. The van der Waals surface area contributed by atoms with E-state index in [2.05, 4.69) is 29.3 Å². The summed E-state index contributed by atoms with van der Waals surface area (Å²) in [7, 11) is 0. The van der Waals surface area contributed by atoms with Crippen LogP contribution in [0.5, 0.6) is 0 Å². The Morgan fingerprint density at radius 1 is 1.41 bits per heavy atom. The summed E-state index contributed by atoms with van der Waals surface area (Å²) in [6, 6.07) is 0.378. The van der Waals surface area contributed by atoms with Gasteiger partial charge in [-0.1, -0.05) is 12.1 Å². The molecule has 2 heterocycles. The molecule has 1 aliphatic heterocycles. The molecule has 0 aliphatic carbocycles. The third-order valence-electron chi connectivity index (χ3n) is 3.10. The van der Waals surface area contributed by atoms with Gasteiger partial charge in [0.15, 0.2) is 5.82 Å². The highest BCUT2D eigenvalue weighted by Gasteiger charge is 2.21. The first-order chi connectivity index (χ1) is 8.29. The van der Waals surface area contributed by atoms with Gasteiger partial charge in [0.1, 0.15) is 0 Å². The van der Waals surface area contributed by atoms with E-state index in [-0.39, 0.29) is 0 Å². The van der Waals surface area contributed by atoms with E-state index in [4.69, 9.17) is 9.26 Å². The summed E-state index contributed by atoms with van der Waals surface area (Å²) < 4.78 is 10.6. The number of hydrogen-bond donors (Lipinski definition) is 1. The molecule has 1 aromatic rings. The van der Waals surface area contributed by atoms with Gasteiger partial charge in [-0.05, 0) is 26.3 Å². The van der Waals surface area contributed by atoms with Crippen molar-refractivity contribution >= 4 is 0 Å². The van der Waals surface area contributed by atoms with Crippen molar-refractivity contribution in [3.63, 3.8) is 0 Å². The van der Waals surface area contributed by atoms with Crippen LogP contribution < -0.4 is 5.32 Å². The van der Waals surface area contributed by atoms with Crippen LogP contribution in [0.3, 0.4) is 0 Å². The zero-order chi connectivity index (χ0) is 12.1. The van der Waals surface area contributed by atoms with Crippen molar-refractivity contribution in [3.8, 4) is 0 Å². The Morgan fingerprint density at radius 3 is 2.88 bits per heavy atom. The van der Waals surface area contributed by atoms with E-state index in [0.29, 0.717) is 12.0 Å². The third-order valence-corrected chi connectivity index (χ3v) is 3.10. The fraction of sp³-hybridized carbons (Fsp3) is 0.833. The minimum Gasteiger partial charge on any atom is -0.381 e. The van der Waals surface area contributed by atoms with Gasteiger partial charge in [0, 0.05) is 31.6 Å². The molecule has 0 amide bonds. The van der Waals surface area contributed by atoms with Crippen LogP contribution in [-0.4, -0.2) is 35.9 Å². The Balaban J connectivity index is 1.90. The molecule has 5 nitrogen and oxygen atoms in total. The van der Waals surface area contributed by atoms with Crippen LogP contribution in [0.15, 0.2) is 4.52 Å². The molecular weight excluding hydrogens is 218 g/mol. The molecule has 0 radical (unpaired) electrons. The van der Waals surface area contributed by atoms with Gasteiger partial charge in [0.25, 0.3) is 0 Å². The van der Waals surface area contributed by atoms with E-state index in [1.807, 2.05) is 0 Å². The third kappa shape index (κ3) is 3.51. The van der Waals surface area contributed by atoms with Crippen LogP contribution in [0.2, 0.25) is 0 Å². The van der Waals surface area contributed by atoms with Crippen LogP contribution in [0.25, 0.3) is 0 Å². The van der Waals surface area contributed by atoms with Gasteiger partial charge in [-0.3, -0.25) is 0 Å². The molecule has 0 aromatic carbocycles. The first-order valence-electron chi connectivity index (χ1n) is 6.43. The van der Waals surface area contributed by atoms with Crippen molar-refractivity contribution in [2.45, 2.75) is 45.1 Å². The molecule has 2 rings (SSSR count). The minimum atomic E-state index is 0.378. The van der Waals surface area contributed by atoms with Crippen LogP contribution in [-0.2, 0) is 11.2 Å². The van der Waals surface area contributed by atoms with Crippen LogP contribution in [0.4, 0.5) is 0 Å². The van der Waals surface area contributed by atoms with Gasteiger partial charge in [0.2, 0.25) is 5.89 Å². The summed E-state index contributed by atoms with van der Waals surface area (Å²) in [5, 5.41) is 7.42. The second-order valence-corrected chi connectivity index (χ2v) is 4.60. The lowest BCUT2D eigenvalue weighted by Gasteiger charge is -2.18. The highest BCUT2D eigenvalue weighted by atomic mass is 16.5. The topological polar surface area (TPSA) is 60.2 Å². The number of ether oxygens (including phenoxy) is 1. The fourth-order valence-electron chi connectivity index (χ4n) is 2.16. The number of rotatable bonds is 5. The van der Waals surface area contributed by atoms with Gasteiger partial charge < -0.3 is 14.6 Å². The molecule has 1 unspecified atom stereocenters. The van der Waals surface area contributed by atoms with Crippen molar-refractivity contribution < 1.29 is 9.26 Å². The molecule has 5 heteroatoms. The molecule has 0 bridgehead atoms. The van der Waals surface area contributed by atoms with Crippen molar-refractivity contribution in [1.82, 2.24) is 15.5 Å². The van der Waals surface area contributed by atoms with Gasteiger partial charge >= 0.3 is 0 Å². The van der Waals surface area contributed by atoms with Gasteiger partial charge in [-0.25, -0.2) is 0 Å². The lowest BCUT2D eigenvalue weighted by Crippen LogP contribution is -2.27. The van der Waals surface area contributed by atoms with Gasteiger partial charge in [0.05, 0.1) is 0 Å². The number of aromatic nitrogens is 2. The normalized spacial score (nSPS) is 19.4. The molecular formula is C12H21N3O2. The Morgan fingerprint density at radius 2 is 2.18 bits per heavy atom. The molecule has 1 aromatic heterocycles. The number of nitrogens with one attached hydrogen (secondary N) is 1. The lowest BCUT2D eigenvalue weighted by atomic mass is 10.00. The maximum Gasteiger partial charge on any atom is 0.228 e. The van der Waals surface area contributed by atoms with E-state index in [1.165, 1.54) is 0 Å². The molecule has 1 saturated heterocycles. The average molecular weight is 239 g/mol. The van der Waals surface area contributed by atoms with E-state index >= 15 is 0 Å². The Labute approximate surface area is 102 Å². The van der Waals surface area contributed by atoms with Crippen LogP contribution >= 0.6 is 0 Å². The Hall–Kier alpha value is -0.940. The SMILES string of the molecule is CCNC(C)Cc1nc(C2CCOCC2)no1. The molecule has 17 heavy (non-hydrogen) atoms. The fourth-order valence-corrected chi connectivity index (χ4v) is 2.16. The number of nitrogens with zero attached hydrogens (tertiary/aromatic N) is 2. The summed E-state index contributed by atoms with van der Waals surface area (Å²) in [4.78, 5) is 4.48. The standard InChI is InChI=1S/C12H21N3O2/c1-3-13-9(2)8-11-14-12(15-17-11)10-4-6-16-7-5-10/h9-10,13H,3-8H2,1-2H3. The molecule has 1 aliphatic rings. The Kier molecular flexibility index (Phi) is 4.50. The number of hydrogen-bond acceptors (Lipinski definition) is 5. The highest BCUT2D eigenvalue weighted by molar-refractivity contribution is 4.97. The van der Waals surface area contributed by atoms with Crippen molar-refractivity contribution in [1.29, 1.82) is 0 Å². The highest BCUT2D eigenvalue weighted by Crippen LogP contribution is 2.24. The maximum atomic E-state index is 5.33. The van der Waals surface area contributed by atoms with E-state index < -0.39 is 0 Å². The molecule has 0 saturated carbocycles. The number of likely N-dealkylation sites (N-methyl/N-ethyl adjacent to an activating group) is 1. The molecule has 1 atom stereocenters. The summed E-state index contributed by atoms with van der Waals surface area (Å²) >= 11 is 0. The summed E-state index contributed by atoms with van der Waals surface area (Å²) in [6.45, 7) is 6.80. The van der Waals surface area contributed by atoms with E-state index in [0.717, 1.165) is 50.7 Å². The molecule has 96 valence electrons. The average Bonchev–Trinajstić information content (AvgIpc) is 2.79. The lowest BCUT2D eigenvalue weighted by molar-refractivity contribution is 0.0830. The maximum absolute atomic E-state index is 5.33. The zero-order valence-electron chi connectivity index (χ0n) is 10.6. The second kappa shape index (κ2) is 6.12. The second-order valence-electron chi connectivity index (χ2n) is 4.60. The van der Waals surface area contributed by atoms with Crippen molar-refractivity contribution in [2.75, 3.05) is 19.8 Å². The molecule has 1 N–H and O–H groups in total. The smallest absolute Gasteiger partial charge is 0.228 e. The zero-order valence-corrected chi connectivity index (χ0v) is 10.6. The molecule has 0 spiro atoms.